The van der Waals surface area contributed by atoms with Crippen molar-refractivity contribution in [2.45, 2.75) is 13.8 Å². The summed E-state index contributed by atoms with van der Waals surface area (Å²) in [5, 5.41) is 7.16. The first-order chi connectivity index (χ1) is 7.13. The van der Waals surface area contributed by atoms with E-state index in [1.807, 2.05) is 38.1 Å². The summed E-state index contributed by atoms with van der Waals surface area (Å²) in [6, 6.07) is 5.86. The smallest absolute Gasteiger partial charge is 0.0414 e. The van der Waals surface area contributed by atoms with Gasteiger partial charge in [0.1, 0.15) is 0 Å². The predicted molar refractivity (Wildman–Crippen MR) is 69.9 cm³/mol. The largest absolute Gasteiger partial charge is 0.309 e. The maximum absolute atomic E-state index is 6.39. The second-order valence-corrected chi connectivity index (χ2v) is 3.39. The zero-order chi connectivity index (χ0) is 11.7. The van der Waals surface area contributed by atoms with Crippen LogP contribution < -0.4 is 0 Å². The second-order valence-electron chi connectivity index (χ2n) is 2.96. The zero-order valence-electron chi connectivity index (χ0n) is 9.13. The summed E-state index contributed by atoms with van der Waals surface area (Å²) in [7, 11) is 0. The van der Waals surface area contributed by atoms with Gasteiger partial charge in [-0.1, -0.05) is 36.4 Å². The first kappa shape index (κ1) is 13.7. The number of allylic oxidation sites excluding steroid dienone is 2. The van der Waals surface area contributed by atoms with E-state index in [0.29, 0.717) is 0 Å². The van der Waals surface area contributed by atoms with Crippen molar-refractivity contribution >= 4 is 23.9 Å². The van der Waals surface area contributed by atoms with Crippen LogP contribution in [0.2, 0.25) is 5.02 Å². The molecule has 1 N–H and O–H groups in total. The maximum atomic E-state index is 6.39. The van der Waals surface area contributed by atoms with Gasteiger partial charge in [-0.2, -0.15) is 0 Å². The van der Waals surface area contributed by atoms with E-state index in [4.69, 9.17) is 17.0 Å². The minimum Gasteiger partial charge on any atom is -0.309 e. The number of hydrogen-bond donors (Lipinski definition) is 1. The fraction of sp³-hybridized carbons (Fsp3) is 0.154. The van der Waals surface area contributed by atoms with Crippen LogP contribution in [0.25, 0.3) is 6.08 Å². The summed E-state index contributed by atoms with van der Waals surface area (Å²) >= 11 is 5.78. The van der Waals surface area contributed by atoms with Crippen LogP contribution in [-0.2, 0) is 0 Å². The zero-order valence-corrected chi connectivity index (χ0v) is 9.88. The molecule has 0 amide bonds. The van der Waals surface area contributed by atoms with Crippen molar-refractivity contribution in [3.63, 3.8) is 0 Å². The van der Waals surface area contributed by atoms with Crippen LogP contribution >= 0.6 is 11.6 Å². The van der Waals surface area contributed by atoms with E-state index in [1.165, 1.54) is 11.8 Å². The van der Waals surface area contributed by atoms with Gasteiger partial charge < -0.3 is 5.41 Å². The molecule has 0 aliphatic rings. The maximum Gasteiger partial charge on any atom is 0.0414 e. The summed E-state index contributed by atoms with van der Waals surface area (Å²) in [6.07, 6.45) is 6.52. The molecule has 80 valence electrons. The minimum absolute atomic E-state index is 0.773. The Labute approximate surface area is 96.6 Å². The molecule has 0 saturated carbocycles. The van der Waals surface area contributed by atoms with E-state index in [2.05, 4.69) is 6.58 Å². The van der Waals surface area contributed by atoms with Crippen molar-refractivity contribution < 1.29 is 0 Å². The van der Waals surface area contributed by atoms with Crippen LogP contribution in [0.3, 0.4) is 0 Å². The van der Waals surface area contributed by atoms with Gasteiger partial charge in [0.05, 0.1) is 0 Å². The van der Waals surface area contributed by atoms with E-state index in [1.54, 1.807) is 12.2 Å². The summed E-state index contributed by atoms with van der Waals surface area (Å²) in [4.78, 5) is 0. The Morgan fingerprint density at radius 2 is 2.00 bits per heavy atom. The molecule has 1 rings (SSSR count). The molecule has 0 aliphatic carbocycles. The van der Waals surface area contributed by atoms with Crippen molar-refractivity contribution in [2.75, 3.05) is 0 Å². The van der Waals surface area contributed by atoms with E-state index in [0.717, 1.165) is 10.6 Å². The lowest BCUT2D eigenvalue weighted by molar-refractivity contribution is 1.46. The van der Waals surface area contributed by atoms with Gasteiger partial charge >= 0.3 is 0 Å². The topological polar surface area (TPSA) is 23.9 Å². The molecule has 1 aromatic carbocycles. The van der Waals surface area contributed by atoms with Crippen LogP contribution in [-0.4, -0.2) is 6.21 Å². The van der Waals surface area contributed by atoms with Crippen LogP contribution in [0, 0.1) is 12.3 Å². The fourth-order valence-corrected chi connectivity index (χ4v) is 1.28. The highest BCUT2D eigenvalue weighted by Crippen LogP contribution is 2.14. The van der Waals surface area contributed by atoms with Crippen LogP contribution in [0.1, 0.15) is 18.1 Å². The molecular formula is C13H16ClN. The number of rotatable bonds is 2. The molecule has 1 aromatic rings. The van der Waals surface area contributed by atoms with Crippen molar-refractivity contribution in [1.82, 2.24) is 0 Å². The van der Waals surface area contributed by atoms with Crippen LogP contribution in [0.5, 0.6) is 0 Å². The molecule has 2 heteroatoms. The molecule has 0 aromatic heterocycles. The van der Waals surface area contributed by atoms with Gasteiger partial charge in [-0.3, -0.25) is 0 Å². The van der Waals surface area contributed by atoms with Gasteiger partial charge in [-0.15, -0.1) is 0 Å². The molecule has 0 fully saturated rings. The number of halogens is 1. The Hall–Kier alpha value is -1.34. The standard InChI is InChI=1S/C9H9Cl.C4H7N/c1-3-8-4-7(2)5-9(10)6-8;1-2-3-4-5/h3-6H,1H2,2H3;2-5H,1H3/b;3-2-,5-4?. The fourth-order valence-electron chi connectivity index (χ4n) is 0.979. The summed E-state index contributed by atoms with van der Waals surface area (Å²) in [6.45, 7) is 7.55. The molecule has 0 saturated heterocycles. The van der Waals surface area contributed by atoms with Crippen molar-refractivity contribution in [3.8, 4) is 0 Å². The van der Waals surface area contributed by atoms with E-state index in [-0.39, 0.29) is 0 Å². The van der Waals surface area contributed by atoms with Crippen molar-refractivity contribution in [2.24, 2.45) is 0 Å². The Kier molecular flexibility index (Phi) is 7.29. The van der Waals surface area contributed by atoms with E-state index < -0.39 is 0 Å². The highest BCUT2D eigenvalue weighted by atomic mass is 35.5. The minimum atomic E-state index is 0.773. The number of nitrogens with one attached hydrogen (secondary N) is 1. The highest BCUT2D eigenvalue weighted by Gasteiger charge is 1.90. The summed E-state index contributed by atoms with van der Waals surface area (Å²) < 4.78 is 0. The molecular weight excluding hydrogens is 206 g/mol. The third-order valence-corrected chi connectivity index (χ3v) is 1.81. The Morgan fingerprint density at radius 1 is 1.33 bits per heavy atom. The molecule has 0 radical (unpaired) electrons. The number of benzene rings is 1. The van der Waals surface area contributed by atoms with Gasteiger partial charge in [0.2, 0.25) is 0 Å². The quantitative estimate of drug-likeness (QED) is 0.711. The van der Waals surface area contributed by atoms with Gasteiger partial charge in [0, 0.05) is 11.2 Å². The van der Waals surface area contributed by atoms with Gasteiger partial charge in [0.15, 0.2) is 0 Å². The third-order valence-electron chi connectivity index (χ3n) is 1.59. The van der Waals surface area contributed by atoms with E-state index in [9.17, 15) is 0 Å². The number of hydrogen-bond acceptors (Lipinski definition) is 1. The Balaban J connectivity index is 0.000000336. The highest BCUT2D eigenvalue weighted by molar-refractivity contribution is 6.30. The lowest BCUT2D eigenvalue weighted by Crippen LogP contribution is -1.75. The molecule has 0 unspecified atom stereocenters. The first-order valence-corrected chi connectivity index (χ1v) is 5.03. The normalized spacial score (nSPS) is 9.27. The van der Waals surface area contributed by atoms with E-state index >= 15 is 0 Å². The molecule has 0 bridgehead atoms. The Morgan fingerprint density at radius 3 is 2.33 bits per heavy atom. The molecule has 0 atom stereocenters. The van der Waals surface area contributed by atoms with Gasteiger partial charge in [-0.05, 0) is 43.2 Å². The number of aryl methyl sites for hydroxylation is 1. The lowest BCUT2D eigenvalue weighted by Gasteiger charge is -1.96. The molecule has 0 heterocycles. The molecule has 1 nitrogen and oxygen atoms in total. The molecule has 0 aliphatic heterocycles. The summed E-state index contributed by atoms with van der Waals surface area (Å²) in [5.41, 5.74) is 2.24. The molecule has 15 heavy (non-hydrogen) atoms. The van der Waals surface area contributed by atoms with Crippen molar-refractivity contribution in [1.29, 1.82) is 5.41 Å². The monoisotopic (exact) mass is 221 g/mol. The molecule has 0 spiro atoms. The lowest BCUT2D eigenvalue weighted by atomic mass is 10.1. The SMILES string of the molecule is C/C=C\C=N.C=Cc1cc(C)cc(Cl)c1. The summed E-state index contributed by atoms with van der Waals surface area (Å²) in [5.74, 6) is 0. The average molecular weight is 222 g/mol. The average Bonchev–Trinajstić information content (AvgIpc) is 2.18. The third kappa shape index (κ3) is 6.69. The van der Waals surface area contributed by atoms with Gasteiger partial charge in [-0.25, -0.2) is 0 Å². The van der Waals surface area contributed by atoms with Crippen LogP contribution in [0.15, 0.2) is 36.9 Å². The predicted octanol–water partition coefficient (Wildman–Crippen LogP) is 4.50. The van der Waals surface area contributed by atoms with Crippen LogP contribution in [0.4, 0.5) is 0 Å². The second kappa shape index (κ2) is 8.01. The first-order valence-electron chi connectivity index (χ1n) is 4.65. The van der Waals surface area contributed by atoms with Crippen molar-refractivity contribution in [3.05, 3.63) is 53.1 Å². The van der Waals surface area contributed by atoms with Gasteiger partial charge in [0.25, 0.3) is 0 Å². The Bertz CT molecular complexity index is 333.